The van der Waals surface area contributed by atoms with Gasteiger partial charge < -0.3 is 5.32 Å². The predicted molar refractivity (Wildman–Crippen MR) is 143 cm³/mol. The van der Waals surface area contributed by atoms with Crippen molar-refractivity contribution in [2.45, 2.75) is 25.4 Å². The van der Waals surface area contributed by atoms with Crippen LogP contribution in [0.5, 0.6) is 0 Å². The molecule has 1 aliphatic rings. The maximum Gasteiger partial charge on any atom is 0.267 e. The SMILES string of the molecule is O=c1ccc(-c2cc(F)c(F)c(F)c2)nn1Cc1cccc(-c2ncc(-c3cnn(C4CCNCC4)c3)cn2)c1. The molecule has 202 valence electrons. The van der Waals surface area contributed by atoms with Crippen LogP contribution in [0.2, 0.25) is 0 Å². The summed E-state index contributed by atoms with van der Waals surface area (Å²) in [5.41, 5.74) is 3.07. The van der Waals surface area contributed by atoms with E-state index in [1.165, 1.54) is 16.8 Å². The van der Waals surface area contributed by atoms with Crippen LogP contribution in [0.4, 0.5) is 13.2 Å². The second kappa shape index (κ2) is 10.9. The van der Waals surface area contributed by atoms with Crippen molar-refractivity contribution in [2.75, 3.05) is 13.1 Å². The van der Waals surface area contributed by atoms with Crippen LogP contribution in [0.15, 0.2) is 78.1 Å². The fraction of sp³-hybridized carbons (Fsp3) is 0.207. The molecular formula is C29H24F3N7O. The summed E-state index contributed by atoms with van der Waals surface area (Å²) in [7, 11) is 0. The highest BCUT2D eigenvalue weighted by Crippen LogP contribution is 2.25. The summed E-state index contributed by atoms with van der Waals surface area (Å²) >= 11 is 0. The van der Waals surface area contributed by atoms with Crippen LogP contribution in [0.3, 0.4) is 0 Å². The van der Waals surface area contributed by atoms with Crippen molar-refractivity contribution < 1.29 is 13.2 Å². The Labute approximate surface area is 227 Å². The topological polar surface area (TPSA) is 90.5 Å². The Morgan fingerprint density at radius 3 is 2.35 bits per heavy atom. The summed E-state index contributed by atoms with van der Waals surface area (Å²) < 4.78 is 44.0. The third-order valence-corrected chi connectivity index (χ3v) is 6.93. The summed E-state index contributed by atoms with van der Waals surface area (Å²) in [6, 6.07) is 12.0. The molecule has 1 saturated heterocycles. The molecule has 0 atom stereocenters. The highest BCUT2D eigenvalue weighted by Gasteiger charge is 2.17. The fourth-order valence-corrected chi connectivity index (χ4v) is 4.79. The molecule has 5 aromatic rings. The van der Waals surface area contributed by atoms with Crippen molar-refractivity contribution in [2.24, 2.45) is 0 Å². The van der Waals surface area contributed by atoms with Gasteiger partial charge in [0, 0.05) is 46.9 Å². The smallest absolute Gasteiger partial charge is 0.267 e. The summed E-state index contributed by atoms with van der Waals surface area (Å²) in [4.78, 5) is 21.6. The number of nitrogens with one attached hydrogen (secondary N) is 1. The van der Waals surface area contributed by atoms with Gasteiger partial charge in [0.25, 0.3) is 5.56 Å². The third-order valence-electron chi connectivity index (χ3n) is 6.93. The molecule has 0 radical (unpaired) electrons. The number of hydrogen-bond donors (Lipinski definition) is 1. The Bertz CT molecular complexity index is 1700. The molecule has 3 aromatic heterocycles. The Balaban J connectivity index is 1.21. The van der Waals surface area contributed by atoms with E-state index in [-0.39, 0.29) is 17.8 Å². The molecule has 8 nitrogen and oxygen atoms in total. The number of rotatable bonds is 6. The molecule has 0 saturated carbocycles. The zero-order valence-corrected chi connectivity index (χ0v) is 21.3. The van der Waals surface area contributed by atoms with E-state index in [1.807, 2.05) is 41.3 Å². The van der Waals surface area contributed by atoms with Gasteiger partial charge in [-0.25, -0.2) is 27.8 Å². The van der Waals surface area contributed by atoms with Gasteiger partial charge in [-0.3, -0.25) is 9.48 Å². The Morgan fingerprint density at radius 2 is 1.60 bits per heavy atom. The molecule has 11 heteroatoms. The number of hydrogen-bond acceptors (Lipinski definition) is 6. The predicted octanol–water partition coefficient (Wildman–Crippen LogP) is 4.62. The van der Waals surface area contributed by atoms with Gasteiger partial charge in [0.05, 0.1) is 24.5 Å². The first-order valence-electron chi connectivity index (χ1n) is 12.8. The molecule has 1 aliphatic heterocycles. The van der Waals surface area contributed by atoms with Crippen molar-refractivity contribution in [1.82, 2.24) is 34.8 Å². The van der Waals surface area contributed by atoms with E-state index in [0.717, 1.165) is 60.3 Å². The average Bonchev–Trinajstić information content (AvgIpc) is 3.48. The largest absolute Gasteiger partial charge is 0.317 e. The lowest BCUT2D eigenvalue weighted by atomic mass is 10.1. The van der Waals surface area contributed by atoms with Crippen molar-refractivity contribution >= 4 is 0 Å². The lowest BCUT2D eigenvalue weighted by Gasteiger charge is -2.22. The minimum absolute atomic E-state index is 0.0219. The van der Waals surface area contributed by atoms with E-state index >= 15 is 0 Å². The molecule has 1 N–H and O–H groups in total. The second-order valence-electron chi connectivity index (χ2n) is 9.65. The van der Waals surface area contributed by atoms with E-state index in [2.05, 4.69) is 25.5 Å². The van der Waals surface area contributed by atoms with Crippen molar-refractivity contribution in [1.29, 1.82) is 0 Å². The first kappa shape index (κ1) is 25.6. The van der Waals surface area contributed by atoms with Gasteiger partial charge in [-0.15, -0.1) is 0 Å². The van der Waals surface area contributed by atoms with E-state index in [0.29, 0.717) is 11.9 Å². The summed E-state index contributed by atoms with van der Waals surface area (Å²) in [5, 5.41) is 12.1. The molecule has 1 fully saturated rings. The van der Waals surface area contributed by atoms with Crippen LogP contribution in [0, 0.1) is 17.5 Å². The fourth-order valence-electron chi connectivity index (χ4n) is 4.79. The van der Waals surface area contributed by atoms with E-state index in [9.17, 15) is 18.0 Å². The molecule has 0 aliphatic carbocycles. The van der Waals surface area contributed by atoms with Crippen LogP contribution in [-0.4, -0.2) is 42.6 Å². The first-order chi connectivity index (χ1) is 19.4. The molecule has 6 rings (SSSR count). The van der Waals surface area contributed by atoms with Gasteiger partial charge in [-0.2, -0.15) is 10.2 Å². The summed E-state index contributed by atoms with van der Waals surface area (Å²) in [6.45, 7) is 2.07. The number of aromatic nitrogens is 6. The maximum atomic E-state index is 13.7. The molecule has 0 amide bonds. The van der Waals surface area contributed by atoms with Gasteiger partial charge in [0.15, 0.2) is 23.3 Å². The van der Waals surface area contributed by atoms with Crippen LogP contribution in [0.25, 0.3) is 33.8 Å². The Hall–Kier alpha value is -4.64. The molecule has 4 heterocycles. The summed E-state index contributed by atoms with van der Waals surface area (Å²) in [6.07, 6.45) is 9.46. The minimum Gasteiger partial charge on any atom is -0.317 e. The normalized spacial score (nSPS) is 14.0. The van der Waals surface area contributed by atoms with Gasteiger partial charge in [0.1, 0.15) is 0 Å². The highest BCUT2D eigenvalue weighted by atomic mass is 19.2. The van der Waals surface area contributed by atoms with Crippen molar-refractivity contribution in [3.8, 4) is 33.8 Å². The van der Waals surface area contributed by atoms with Gasteiger partial charge in [-0.05, 0) is 55.8 Å². The van der Waals surface area contributed by atoms with E-state index in [4.69, 9.17) is 0 Å². The maximum absolute atomic E-state index is 13.7. The summed E-state index contributed by atoms with van der Waals surface area (Å²) in [5.74, 6) is -3.70. The van der Waals surface area contributed by atoms with Crippen molar-refractivity contribution in [3.05, 3.63) is 107 Å². The zero-order chi connectivity index (χ0) is 27.6. The number of benzene rings is 2. The quantitative estimate of drug-likeness (QED) is 0.315. The molecule has 0 spiro atoms. The van der Waals surface area contributed by atoms with Crippen LogP contribution in [0.1, 0.15) is 24.4 Å². The molecule has 40 heavy (non-hydrogen) atoms. The highest BCUT2D eigenvalue weighted by molar-refractivity contribution is 5.63. The van der Waals surface area contributed by atoms with Gasteiger partial charge in [0.2, 0.25) is 0 Å². The van der Waals surface area contributed by atoms with E-state index < -0.39 is 23.0 Å². The van der Waals surface area contributed by atoms with Gasteiger partial charge in [-0.1, -0.05) is 18.2 Å². The molecule has 0 bridgehead atoms. The van der Waals surface area contributed by atoms with Crippen LogP contribution < -0.4 is 10.9 Å². The van der Waals surface area contributed by atoms with Gasteiger partial charge >= 0.3 is 0 Å². The zero-order valence-electron chi connectivity index (χ0n) is 21.3. The third kappa shape index (κ3) is 5.28. The molecular weight excluding hydrogens is 519 g/mol. The lowest BCUT2D eigenvalue weighted by Crippen LogP contribution is -2.29. The first-order valence-corrected chi connectivity index (χ1v) is 12.8. The Kier molecular flexibility index (Phi) is 6.95. The number of halogens is 3. The lowest BCUT2D eigenvalue weighted by molar-refractivity contribution is 0.343. The molecule has 2 aromatic carbocycles. The average molecular weight is 544 g/mol. The number of nitrogens with zero attached hydrogens (tertiary/aromatic N) is 6. The number of piperidine rings is 1. The van der Waals surface area contributed by atoms with E-state index in [1.54, 1.807) is 12.4 Å². The minimum atomic E-state index is -1.56. The Morgan fingerprint density at radius 1 is 0.850 bits per heavy atom. The van der Waals surface area contributed by atoms with Crippen molar-refractivity contribution in [3.63, 3.8) is 0 Å². The monoisotopic (exact) mass is 543 g/mol. The molecule has 0 unspecified atom stereocenters. The standard InChI is InChI=1S/C29H24F3N7O/c30-24-11-20(12-25(31)28(24)32)26-4-5-27(40)39(37-26)16-18-2-1-3-19(10-18)29-34-13-21(14-35-29)22-15-36-38(17-22)23-6-8-33-9-7-23/h1-5,10-15,17,23,33H,6-9,16H2. The second-order valence-corrected chi connectivity index (χ2v) is 9.65. The van der Waals surface area contributed by atoms with Crippen LogP contribution in [-0.2, 0) is 6.54 Å². The van der Waals surface area contributed by atoms with Crippen LogP contribution >= 0.6 is 0 Å².